The number of rotatable bonds is 2. The van der Waals surface area contributed by atoms with Crippen molar-refractivity contribution in [2.75, 3.05) is 19.7 Å². The molecule has 1 heterocycles. The Morgan fingerprint density at radius 1 is 1.44 bits per heavy atom. The minimum absolute atomic E-state index is 0.139. The van der Waals surface area contributed by atoms with E-state index in [1.165, 1.54) is 5.56 Å². The maximum atomic E-state index is 11.3. The largest absolute Gasteiger partial charge is 0.374 e. The molecule has 1 aromatic carbocycles. The SMILES string of the molecule is CC(=O)N1CCO[C@@H](Cc2ccccc2)C1. The van der Waals surface area contributed by atoms with E-state index in [4.69, 9.17) is 4.74 Å². The first-order valence-corrected chi connectivity index (χ1v) is 5.67. The molecule has 1 aliphatic rings. The van der Waals surface area contributed by atoms with Crippen molar-refractivity contribution in [2.45, 2.75) is 19.4 Å². The van der Waals surface area contributed by atoms with E-state index in [0.717, 1.165) is 13.0 Å². The van der Waals surface area contributed by atoms with Crippen molar-refractivity contribution in [3.8, 4) is 0 Å². The molecule has 3 nitrogen and oxygen atoms in total. The molecule has 0 aromatic heterocycles. The van der Waals surface area contributed by atoms with Gasteiger partial charge in [-0.15, -0.1) is 0 Å². The Bertz CT molecular complexity index is 350. The summed E-state index contributed by atoms with van der Waals surface area (Å²) >= 11 is 0. The van der Waals surface area contributed by atoms with Crippen LogP contribution < -0.4 is 0 Å². The average molecular weight is 219 g/mol. The molecule has 86 valence electrons. The zero-order chi connectivity index (χ0) is 11.4. The third-order valence-electron chi connectivity index (χ3n) is 2.89. The Balaban J connectivity index is 1.93. The Kier molecular flexibility index (Phi) is 3.57. The normalized spacial score (nSPS) is 20.8. The second-order valence-electron chi connectivity index (χ2n) is 4.15. The van der Waals surface area contributed by atoms with E-state index in [9.17, 15) is 4.79 Å². The van der Waals surface area contributed by atoms with Gasteiger partial charge in [-0.2, -0.15) is 0 Å². The zero-order valence-corrected chi connectivity index (χ0v) is 9.56. The van der Waals surface area contributed by atoms with Crippen molar-refractivity contribution in [3.63, 3.8) is 0 Å². The van der Waals surface area contributed by atoms with E-state index in [2.05, 4.69) is 12.1 Å². The third kappa shape index (κ3) is 2.83. The van der Waals surface area contributed by atoms with Crippen LogP contribution in [0.5, 0.6) is 0 Å². The summed E-state index contributed by atoms with van der Waals surface area (Å²) in [7, 11) is 0. The fourth-order valence-corrected chi connectivity index (χ4v) is 2.01. The van der Waals surface area contributed by atoms with Gasteiger partial charge in [0, 0.05) is 26.4 Å². The first kappa shape index (κ1) is 11.1. The van der Waals surface area contributed by atoms with Crippen molar-refractivity contribution >= 4 is 5.91 Å². The number of ether oxygens (including phenoxy) is 1. The Hall–Kier alpha value is -1.35. The molecule has 0 N–H and O–H groups in total. The number of hydrogen-bond donors (Lipinski definition) is 0. The van der Waals surface area contributed by atoms with Gasteiger partial charge >= 0.3 is 0 Å². The quantitative estimate of drug-likeness (QED) is 0.754. The van der Waals surface area contributed by atoms with Gasteiger partial charge in [0.05, 0.1) is 12.7 Å². The van der Waals surface area contributed by atoms with Gasteiger partial charge in [-0.25, -0.2) is 0 Å². The van der Waals surface area contributed by atoms with Gasteiger partial charge in [0.1, 0.15) is 0 Å². The van der Waals surface area contributed by atoms with Crippen LogP contribution in [0.4, 0.5) is 0 Å². The lowest BCUT2D eigenvalue weighted by Crippen LogP contribution is -2.45. The molecule has 0 aliphatic carbocycles. The molecule has 1 atom stereocenters. The van der Waals surface area contributed by atoms with Crippen LogP contribution >= 0.6 is 0 Å². The van der Waals surface area contributed by atoms with Crippen molar-refractivity contribution in [2.24, 2.45) is 0 Å². The molecule has 0 bridgehead atoms. The van der Waals surface area contributed by atoms with Gasteiger partial charge in [-0.3, -0.25) is 4.79 Å². The number of benzene rings is 1. The first-order valence-electron chi connectivity index (χ1n) is 5.67. The van der Waals surface area contributed by atoms with E-state index < -0.39 is 0 Å². The van der Waals surface area contributed by atoms with Gasteiger partial charge in [-0.1, -0.05) is 30.3 Å². The minimum Gasteiger partial charge on any atom is -0.374 e. The molecule has 1 aromatic rings. The number of hydrogen-bond acceptors (Lipinski definition) is 2. The van der Waals surface area contributed by atoms with E-state index >= 15 is 0 Å². The molecule has 16 heavy (non-hydrogen) atoms. The predicted octanol–water partition coefficient (Wildman–Crippen LogP) is 1.48. The second-order valence-corrected chi connectivity index (χ2v) is 4.15. The molecule has 1 amide bonds. The lowest BCUT2D eigenvalue weighted by Gasteiger charge is -2.32. The van der Waals surface area contributed by atoms with E-state index in [0.29, 0.717) is 13.2 Å². The van der Waals surface area contributed by atoms with Gasteiger partial charge in [0.25, 0.3) is 0 Å². The highest BCUT2D eigenvalue weighted by Gasteiger charge is 2.21. The van der Waals surface area contributed by atoms with Crippen LogP contribution in [-0.2, 0) is 16.0 Å². The Morgan fingerprint density at radius 3 is 2.88 bits per heavy atom. The number of nitrogens with zero attached hydrogens (tertiary/aromatic N) is 1. The first-order chi connectivity index (χ1) is 7.75. The average Bonchev–Trinajstić information content (AvgIpc) is 2.30. The topological polar surface area (TPSA) is 29.5 Å². The van der Waals surface area contributed by atoms with Crippen LogP contribution in [-0.4, -0.2) is 36.6 Å². The molecular weight excluding hydrogens is 202 g/mol. The molecule has 1 fully saturated rings. The summed E-state index contributed by atoms with van der Waals surface area (Å²) in [5.41, 5.74) is 1.26. The smallest absolute Gasteiger partial charge is 0.219 e. The summed E-state index contributed by atoms with van der Waals surface area (Å²) < 4.78 is 5.67. The summed E-state index contributed by atoms with van der Waals surface area (Å²) in [6.07, 6.45) is 1.02. The standard InChI is InChI=1S/C13H17NO2/c1-11(15)14-7-8-16-13(10-14)9-12-5-3-2-4-6-12/h2-6,13H,7-10H2,1H3/t13-/m0/s1. The van der Waals surface area contributed by atoms with Gasteiger partial charge in [-0.05, 0) is 5.56 Å². The molecular formula is C13H17NO2. The summed E-state index contributed by atoms with van der Waals surface area (Å²) in [4.78, 5) is 13.1. The maximum absolute atomic E-state index is 11.3. The van der Waals surface area contributed by atoms with Gasteiger partial charge < -0.3 is 9.64 Å². The van der Waals surface area contributed by atoms with Crippen LogP contribution in [0.3, 0.4) is 0 Å². The highest BCUT2D eigenvalue weighted by Crippen LogP contribution is 2.11. The van der Waals surface area contributed by atoms with Crippen LogP contribution in [0, 0.1) is 0 Å². The molecule has 0 saturated carbocycles. The van der Waals surface area contributed by atoms with Gasteiger partial charge in [0.15, 0.2) is 0 Å². The lowest BCUT2D eigenvalue weighted by molar-refractivity contribution is -0.136. The number of carbonyl (C=O) groups excluding carboxylic acids is 1. The lowest BCUT2D eigenvalue weighted by atomic mass is 10.1. The van der Waals surface area contributed by atoms with Crippen molar-refractivity contribution in [1.82, 2.24) is 4.90 Å². The van der Waals surface area contributed by atoms with E-state index in [1.54, 1.807) is 6.92 Å². The molecule has 0 spiro atoms. The van der Waals surface area contributed by atoms with E-state index in [-0.39, 0.29) is 12.0 Å². The minimum atomic E-state index is 0.139. The fourth-order valence-electron chi connectivity index (χ4n) is 2.01. The van der Waals surface area contributed by atoms with Crippen LogP contribution in [0.2, 0.25) is 0 Å². The van der Waals surface area contributed by atoms with Crippen molar-refractivity contribution in [1.29, 1.82) is 0 Å². The molecule has 1 aliphatic heterocycles. The number of morpholine rings is 1. The van der Waals surface area contributed by atoms with Crippen LogP contribution in [0.15, 0.2) is 30.3 Å². The highest BCUT2D eigenvalue weighted by molar-refractivity contribution is 5.73. The van der Waals surface area contributed by atoms with E-state index in [1.807, 2.05) is 23.1 Å². The molecule has 2 rings (SSSR count). The molecule has 0 radical (unpaired) electrons. The predicted molar refractivity (Wildman–Crippen MR) is 62.1 cm³/mol. The highest BCUT2D eigenvalue weighted by atomic mass is 16.5. The second kappa shape index (κ2) is 5.12. The van der Waals surface area contributed by atoms with Crippen molar-refractivity contribution in [3.05, 3.63) is 35.9 Å². The van der Waals surface area contributed by atoms with Gasteiger partial charge in [0.2, 0.25) is 5.91 Å². The summed E-state index contributed by atoms with van der Waals surface area (Å²) in [5.74, 6) is 0.140. The molecule has 3 heteroatoms. The summed E-state index contributed by atoms with van der Waals surface area (Å²) in [5, 5.41) is 0. The fraction of sp³-hybridized carbons (Fsp3) is 0.462. The zero-order valence-electron chi connectivity index (χ0n) is 9.56. The maximum Gasteiger partial charge on any atom is 0.219 e. The van der Waals surface area contributed by atoms with Crippen molar-refractivity contribution < 1.29 is 9.53 Å². The monoisotopic (exact) mass is 219 g/mol. The van der Waals surface area contributed by atoms with Crippen LogP contribution in [0.25, 0.3) is 0 Å². The number of amides is 1. The Labute approximate surface area is 96.0 Å². The third-order valence-corrected chi connectivity index (χ3v) is 2.89. The summed E-state index contributed by atoms with van der Waals surface area (Å²) in [6.45, 7) is 3.70. The molecule has 0 unspecified atom stereocenters. The Morgan fingerprint density at radius 2 is 2.19 bits per heavy atom. The van der Waals surface area contributed by atoms with Crippen LogP contribution in [0.1, 0.15) is 12.5 Å². The molecule has 1 saturated heterocycles. The summed E-state index contributed by atoms with van der Waals surface area (Å²) in [6, 6.07) is 10.3. The number of carbonyl (C=O) groups is 1.